The summed E-state index contributed by atoms with van der Waals surface area (Å²) >= 11 is 11.9. The number of rotatable bonds is 5. The molecule has 2 rings (SSSR count). The molecule has 0 aliphatic rings. The number of hydrogen-bond donors (Lipinski definition) is 1. The van der Waals surface area contributed by atoms with Gasteiger partial charge in [-0.15, -0.1) is 0 Å². The molecular weight excluding hydrogens is 331 g/mol. The van der Waals surface area contributed by atoms with Crippen molar-refractivity contribution in [1.29, 1.82) is 0 Å². The van der Waals surface area contributed by atoms with Gasteiger partial charge in [-0.25, -0.2) is 0 Å². The van der Waals surface area contributed by atoms with Crippen molar-refractivity contribution in [1.82, 2.24) is 0 Å². The molecule has 0 aliphatic heterocycles. The SMILES string of the molecule is O=[N+]([O-])c1ccc(COc2c(Cl)cc(Cl)cc2/C=N\O)cc1. The van der Waals surface area contributed by atoms with Gasteiger partial charge in [0.1, 0.15) is 12.4 Å². The molecule has 2 aromatic rings. The maximum absolute atomic E-state index is 10.6. The molecule has 0 aliphatic carbocycles. The van der Waals surface area contributed by atoms with Gasteiger partial charge >= 0.3 is 0 Å². The Bertz CT molecular complexity index is 718. The van der Waals surface area contributed by atoms with Crippen LogP contribution in [0.2, 0.25) is 10.0 Å². The lowest BCUT2D eigenvalue weighted by atomic mass is 10.2. The van der Waals surface area contributed by atoms with Crippen molar-refractivity contribution >= 4 is 35.1 Å². The molecule has 0 bridgehead atoms. The third kappa shape index (κ3) is 3.87. The van der Waals surface area contributed by atoms with Crippen LogP contribution in [0.4, 0.5) is 5.69 Å². The Balaban J connectivity index is 2.19. The normalized spacial score (nSPS) is 10.8. The molecule has 0 saturated heterocycles. The van der Waals surface area contributed by atoms with Crippen LogP contribution in [-0.2, 0) is 6.61 Å². The number of halogens is 2. The van der Waals surface area contributed by atoms with Crippen molar-refractivity contribution in [3.8, 4) is 5.75 Å². The topological polar surface area (TPSA) is 85.0 Å². The summed E-state index contributed by atoms with van der Waals surface area (Å²) in [6.07, 6.45) is 1.16. The summed E-state index contributed by atoms with van der Waals surface area (Å²) in [6.45, 7) is 0.144. The van der Waals surface area contributed by atoms with Gasteiger partial charge in [0.25, 0.3) is 5.69 Å². The molecule has 0 radical (unpaired) electrons. The molecule has 0 fully saturated rings. The molecule has 0 unspecified atom stereocenters. The Morgan fingerprint density at radius 2 is 1.95 bits per heavy atom. The molecule has 0 aromatic heterocycles. The van der Waals surface area contributed by atoms with Gasteiger partial charge < -0.3 is 9.94 Å². The molecule has 22 heavy (non-hydrogen) atoms. The van der Waals surface area contributed by atoms with Crippen LogP contribution < -0.4 is 4.74 Å². The Kier molecular flexibility index (Phi) is 5.19. The van der Waals surface area contributed by atoms with Crippen LogP contribution in [0.3, 0.4) is 0 Å². The van der Waals surface area contributed by atoms with E-state index in [4.69, 9.17) is 33.1 Å². The number of hydrogen-bond acceptors (Lipinski definition) is 5. The zero-order chi connectivity index (χ0) is 16.1. The average Bonchev–Trinajstić information content (AvgIpc) is 2.47. The van der Waals surface area contributed by atoms with E-state index >= 15 is 0 Å². The Labute approximate surface area is 135 Å². The van der Waals surface area contributed by atoms with Gasteiger partial charge in [-0.2, -0.15) is 0 Å². The minimum Gasteiger partial charge on any atom is -0.487 e. The van der Waals surface area contributed by atoms with Gasteiger partial charge in [-0.3, -0.25) is 10.1 Å². The third-order valence-electron chi connectivity index (χ3n) is 2.76. The average molecular weight is 341 g/mol. The summed E-state index contributed by atoms with van der Waals surface area (Å²) < 4.78 is 5.60. The van der Waals surface area contributed by atoms with E-state index in [-0.39, 0.29) is 17.3 Å². The van der Waals surface area contributed by atoms with Gasteiger partial charge in [-0.1, -0.05) is 28.4 Å². The van der Waals surface area contributed by atoms with E-state index in [0.29, 0.717) is 16.3 Å². The minimum absolute atomic E-state index is 0.00128. The van der Waals surface area contributed by atoms with Gasteiger partial charge in [0.15, 0.2) is 0 Å². The summed E-state index contributed by atoms with van der Waals surface area (Å²) in [5, 5.41) is 22.8. The zero-order valence-corrected chi connectivity index (χ0v) is 12.6. The van der Waals surface area contributed by atoms with Crippen molar-refractivity contribution in [3.05, 3.63) is 67.7 Å². The van der Waals surface area contributed by atoms with Crippen molar-refractivity contribution in [2.45, 2.75) is 6.61 Å². The summed E-state index contributed by atoms with van der Waals surface area (Å²) in [6, 6.07) is 8.99. The molecule has 1 N–H and O–H groups in total. The molecule has 6 nitrogen and oxygen atoms in total. The molecule has 0 atom stereocenters. The molecule has 0 spiro atoms. The van der Waals surface area contributed by atoms with Crippen LogP contribution >= 0.6 is 23.2 Å². The second kappa shape index (κ2) is 7.11. The quantitative estimate of drug-likeness (QED) is 0.380. The van der Waals surface area contributed by atoms with E-state index in [1.165, 1.54) is 18.2 Å². The lowest BCUT2D eigenvalue weighted by Gasteiger charge is -2.11. The van der Waals surface area contributed by atoms with Crippen LogP contribution in [0.15, 0.2) is 41.6 Å². The van der Waals surface area contributed by atoms with E-state index in [9.17, 15) is 10.1 Å². The number of oxime groups is 1. The Hall–Kier alpha value is -2.31. The van der Waals surface area contributed by atoms with E-state index in [1.807, 2.05) is 0 Å². The lowest BCUT2D eigenvalue weighted by Crippen LogP contribution is -2.00. The molecule has 0 heterocycles. The lowest BCUT2D eigenvalue weighted by molar-refractivity contribution is -0.384. The highest BCUT2D eigenvalue weighted by atomic mass is 35.5. The first-order valence-corrected chi connectivity index (χ1v) is 6.79. The predicted molar refractivity (Wildman–Crippen MR) is 83.3 cm³/mol. The predicted octanol–water partition coefficient (Wildman–Crippen LogP) is 4.29. The number of non-ortho nitro benzene ring substituents is 1. The molecule has 114 valence electrons. The summed E-state index contributed by atoms with van der Waals surface area (Å²) in [5.41, 5.74) is 1.15. The summed E-state index contributed by atoms with van der Waals surface area (Å²) in [7, 11) is 0. The number of ether oxygens (including phenoxy) is 1. The second-order valence-electron chi connectivity index (χ2n) is 4.26. The fraction of sp³-hybridized carbons (Fsp3) is 0.0714. The number of nitrogens with zero attached hydrogens (tertiary/aromatic N) is 2. The Morgan fingerprint density at radius 1 is 1.27 bits per heavy atom. The fourth-order valence-electron chi connectivity index (χ4n) is 1.76. The van der Waals surface area contributed by atoms with Crippen LogP contribution in [0.5, 0.6) is 5.75 Å². The van der Waals surface area contributed by atoms with Crippen molar-refractivity contribution in [3.63, 3.8) is 0 Å². The van der Waals surface area contributed by atoms with Gasteiger partial charge in [-0.05, 0) is 29.8 Å². The molecule has 0 amide bonds. The van der Waals surface area contributed by atoms with E-state index < -0.39 is 4.92 Å². The van der Waals surface area contributed by atoms with E-state index in [2.05, 4.69) is 5.16 Å². The molecule has 2 aromatic carbocycles. The summed E-state index contributed by atoms with van der Waals surface area (Å²) in [4.78, 5) is 10.1. The fourth-order valence-corrected chi connectivity index (χ4v) is 2.32. The van der Waals surface area contributed by atoms with E-state index in [1.54, 1.807) is 18.2 Å². The van der Waals surface area contributed by atoms with E-state index in [0.717, 1.165) is 11.8 Å². The van der Waals surface area contributed by atoms with Gasteiger partial charge in [0, 0.05) is 22.7 Å². The number of benzene rings is 2. The maximum Gasteiger partial charge on any atom is 0.269 e. The zero-order valence-electron chi connectivity index (χ0n) is 11.1. The first kappa shape index (κ1) is 16.1. The Morgan fingerprint density at radius 3 is 2.55 bits per heavy atom. The maximum atomic E-state index is 10.6. The van der Waals surface area contributed by atoms with Gasteiger partial charge in [0.05, 0.1) is 16.2 Å². The first-order valence-electron chi connectivity index (χ1n) is 6.04. The van der Waals surface area contributed by atoms with Crippen molar-refractivity contribution in [2.75, 3.05) is 0 Å². The first-order chi connectivity index (χ1) is 10.5. The van der Waals surface area contributed by atoms with Crippen LogP contribution in [0.25, 0.3) is 0 Å². The standard InChI is InChI=1S/C14H10Cl2N2O4/c15-11-5-10(7-17-19)14(13(16)6-11)22-8-9-1-3-12(4-2-9)18(20)21/h1-7,19H,8H2/b17-7-. The highest BCUT2D eigenvalue weighted by molar-refractivity contribution is 6.36. The minimum atomic E-state index is -0.476. The number of nitro benzene ring substituents is 1. The van der Waals surface area contributed by atoms with Crippen molar-refractivity contribution < 1.29 is 14.9 Å². The number of nitro groups is 1. The van der Waals surface area contributed by atoms with Crippen LogP contribution in [0, 0.1) is 10.1 Å². The highest BCUT2D eigenvalue weighted by Gasteiger charge is 2.11. The summed E-state index contributed by atoms with van der Waals surface area (Å²) in [5.74, 6) is 0.308. The van der Waals surface area contributed by atoms with Crippen LogP contribution in [0.1, 0.15) is 11.1 Å². The molecular formula is C14H10Cl2N2O4. The van der Waals surface area contributed by atoms with Gasteiger partial charge in [0.2, 0.25) is 0 Å². The smallest absolute Gasteiger partial charge is 0.269 e. The largest absolute Gasteiger partial charge is 0.487 e. The third-order valence-corrected chi connectivity index (χ3v) is 3.26. The van der Waals surface area contributed by atoms with Crippen LogP contribution in [-0.4, -0.2) is 16.3 Å². The van der Waals surface area contributed by atoms with Crippen molar-refractivity contribution in [2.24, 2.45) is 5.16 Å². The molecule has 8 heteroatoms. The second-order valence-corrected chi connectivity index (χ2v) is 5.11. The molecule has 0 saturated carbocycles. The monoisotopic (exact) mass is 340 g/mol. The highest BCUT2D eigenvalue weighted by Crippen LogP contribution is 2.32.